The first-order valence-corrected chi connectivity index (χ1v) is 14.5. The first-order valence-electron chi connectivity index (χ1n) is 12.6. The van der Waals surface area contributed by atoms with Gasteiger partial charge < -0.3 is 10.3 Å². The number of rotatable bonds is 6. The molecule has 1 saturated heterocycles. The summed E-state index contributed by atoms with van der Waals surface area (Å²) in [6, 6.07) is 19.8. The molecule has 1 aromatic heterocycles. The summed E-state index contributed by atoms with van der Waals surface area (Å²) in [5, 5.41) is 4.46. The van der Waals surface area contributed by atoms with E-state index in [-0.39, 0.29) is 43.3 Å². The molecule has 41 heavy (non-hydrogen) atoms. The predicted octanol–water partition coefficient (Wildman–Crippen LogP) is 6.64. The number of nitrogens with zero attached hydrogens (tertiary/aromatic N) is 1. The third-order valence-corrected chi connectivity index (χ3v) is 8.82. The second-order valence-electron chi connectivity index (χ2n) is 9.69. The van der Waals surface area contributed by atoms with Gasteiger partial charge in [-0.3, -0.25) is 4.79 Å². The number of nitrogens with one attached hydrogen (secondary N) is 2. The summed E-state index contributed by atoms with van der Waals surface area (Å²) in [5.41, 5.74) is -1.52. The van der Waals surface area contributed by atoms with Crippen molar-refractivity contribution in [1.29, 1.82) is 0 Å². The second-order valence-corrected chi connectivity index (χ2v) is 12.1. The van der Waals surface area contributed by atoms with Gasteiger partial charge in [-0.15, -0.1) is 0 Å². The Morgan fingerprint density at radius 1 is 0.951 bits per heavy atom. The van der Waals surface area contributed by atoms with Crippen molar-refractivity contribution < 1.29 is 26.0 Å². The molecule has 3 aromatic carbocycles. The Balaban J connectivity index is 1.50. The highest BCUT2D eigenvalue weighted by Gasteiger charge is 2.50. The smallest absolute Gasteiger partial charge is 0.382 e. The van der Waals surface area contributed by atoms with Gasteiger partial charge in [0.25, 0.3) is 0 Å². The van der Waals surface area contributed by atoms with Crippen molar-refractivity contribution in [3.8, 4) is 0 Å². The lowest BCUT2D eigenvalue weighted by Crippen LogP contribution is -2.47. The molecule has 1 fully saturated rings. The predicted molar refractivity (Wildman–Crippen MR) is 153 cm³/mol. The fourth-order valence-electron chi connectivity index (χ4n) is 4.84. The number of aromatic nitrogens is 1. The summed E-state index contributed by atoms with van der Waals surface area (Å²) >= 11 is 6.11. The summed E-state index contributed by atoms with van der Waals surface area (Å²) in [6.45, 7) is -0.597. The van der Waals surface area contributed by atoms with E-state index in [2.05, 4.69) is 10.3 Å². The normalized spacial score (nSPS) is 15.8. The molecule has 0 unspecified atom stereocenters. The third-order valence-electron chi connectivity index (χ3n) is 6.94. The summed E-state index contributed by atoms with van der Waals surface area (Å²) in [4.78, 5) is 15.2. The topological polar surface area (TPSA) is 82.3 Å². The molecule has 0 atom stereocenters. The number of hydrogen-bond donors (Lipinski definition) is 2. The molecule has 0 aliphatic carbocycles. The Hall–Kier alpha value is -3.67. The standard InChI is InChI=1S/C29H24ClF4N3O3S/c30-21-6-3-19(4-7-21)24(15-18-1-8-22(31)9-2-18)20-5-10-26-25(16-20)27(17-28(38)36-26)35-23-11-13-37(14-12-23)41(39,40)29(32,33)34/h1-10,15-17,23H,11-14H2,(H2,35,36,38). The van der Waals surface area contributed by atoms with Crippen molar-refractivity contribution in [2.75, 3.05) is 18.4 Å². The maximum Gasteiger partial charge on any atom is 0.511 e. The minimum atomic E-state index is -5.39. The molecule has 5 rings (SSSR count). The van der Waals surface area contributed by atoms with Crippen LogP contribution in [-0.2, 0) is 10.0 Å². The zero-order valence-corrected chi connectivity index (χ0v) is 23.0. The van der Waals surface area contributed by atoms with Gasteiger partial charge in [-0.2, -0.15) is 17.5 Å². The molecule has 0 radical (unpaired) electrons. The minimum Gasteiger partial charge on any atom is -0.382 e. The number of benzene rings is 3. The van der Waals surface area contributed by atoms with E-state index < -0.39 is 15.5 Å². The molecule has 1 aliphatic rings. The van der Waals surface area contributed by atoms with Crippen LogP contribution in [-0.4, -0.2) is 42.3 Å². The fourth-order valence-corrected chi connectivity index (χ4v) is 5.95. The number of anilines is 1. The monoisotopic (exact) mass is 605 g/mol. The van der Waals surface area contributed by atoms with Crippen LogP contribution in [0.1, 0.15) is 29.5 Å². The van der Waals surface area contributed by atoms with Crippen LogP contribution < -0.4 is 10.9 Å². The van der Waals surface area contributed by atoms with E-state index >= 15 is 0 Å². The Morgan fingerprint density at radius 2 is 1.59 bits per heavy atom. The van der Waals surface area contributed by atoms with E-state index in [1.807, 2.05) is 30.3 Å². The zero-order chi connectivity index (χ0) is 29.4. The fraction of sp³-hybridized carbons (Fsp3) is 0.207. The van der Waals surface area contributed by atoms with E-state index in [1.165, 1.54) is 18.2 Å². The molecule has 2 N–H and O–H groups in total. The van der Waals surface area contributed by atoms with Crippen molar-refractivity contribution in [3.05, 3.63) is 111 Å². The highest BCUT2D eigenvalue weighted by molar-refractivity contribution is 7.90. The molecular weight excluding hydrogens is 582 g/mol. The van der Waals surface area contributed by atoms with Crippen LogP contribution in [0.5, 0.6) is 0 Å². The van der Waals surface area contributed by atoms with Gasteiger partial charge in [0.05, 0.1) is 5.52 Å². The van der Waals surface area contributed by atoms with Crippen LogP contribution in [0.3, 0.4) is 0 Å². The summed E-state index contributed by atoms with van der Waals surface area (Å²) < 4.78 is 76.4. The number of sulfonamides is 1. The Kier molecular flexibility index (Phi) is 7.95. The molecule has 12 heteroatoms. The number of H-pyrrole nitrogens is 1. The Morgan fingerprint density at radius 3 is 2.22 bits per heavy atom. The van der Waals surface area contributed by atoms with Crippen LogP contribution in [0.15, 0.2) is 77.6 Å². The molecule has 0 amide bonds. The van der Waals surface area contributed by atoms with E-state index in [0.717, 1.165) is 22.3 Å². The molecule has 0 spiro atoms. The first kappa shape index (κ1) is 28.8. The molecule has 6 nitrogen and oxygen atoms in total. The van der Waals surface area contributed by atoms with Crippen LogP contribution in [0.2, 0.25) is 5.02 Å². The quantitative estimate of drug-likeness (QED) is 0.191. The number of halogens is 5. The van der Waals surface area contributed by atoms with Gasteiger partial charge in [-0.05, 0) is 77.6 Å². The number of fused-ring (bicyclic) bond motifs is 1. The highest BCUT2D eigenvalue weighted by Crippen LogP contribution is 2.33. The van der Waals surface area contributed by atoms with Gasteiger partial charge in [0.1, 0.15) is 5.82 Å². The van der Waals surface area contributed by atoms with Gasteiger partial charge in [0.15, 0.2) is 0 Å². The zero-order valence-electron chi connectivity index (χ0n) is 21.4. The average Bonchev–Trinajstić information content (AvgIpc) is 2.93. The number of pyridine rings is 1. The minimum absolute atomic E-state index is 0.129. The maximum atomic E-state index is 13.5. The van der Waals surface area contributed by atoms with E-state index in [9.17, 15) is 30.8 Å². The van der Waals surface area contributed by atoms with E-state index in [0.29, 0.717) is 25.9 Å². The number of piperidine rings is 1. The number of aromatic amines is 1. The molecule has 4 aromatic rings. The first-order chi connectivity index (χ1) is 19.4. The molecule has 1 aliphatic heterocycles. The van der Waals surface area contributed by atoms with Crippen molar-refractivity contribution in [2.45, 2.75) is 24.4 Å². The van der Waals surface area contributed by atoms with Gasteiger partial charge in [0.2, 0.25) is 5.56 Å². The number of hydrogen-bond acceptors (Lipinski definition) is 4. The summed E-state index contributed by atoms with van der Waals surface area (Å²) in [6.07, 6.45) is 2.16. The maximum absolute atomic E-state index is 13.5. The van der Waals surface area contributed by atoms with Crippen LogP contribution in [0.25, 0.3) is 22.6 Å². The Bertz CT molecular complexity index is 1760. The van der Waals surface area contributed by atoms with Crippen molar-refractivity contribution in [1.82, 2.24) is 9.29 Å². The molecule has 2 heterocycles. The van der Waals surface area contributed by atoms with Gasteiger partial charge in [0, 0.05) is 41.3 Å². The van der Waals surface area contributed by atoms with Crippen LogP contribution in [0.4, 0.5) is 23.2 Å². The third kappa shape index (κ3) is 6.32. The van der Waals surface area contributed by atoms with E-state index in [4.69, 9.17) is 11.6 Å². The van der Waals surface area contributed by atoms with Crippen LogP contribution >= 0.6 is 11.6 Å². The summed E-state index contributed by atoms with van der Waals surface area (Å²) in [5.74, 6) is -0.359. The SMILES string of the molecule is O=c1cc(NC2CCN(S(=O)(=O)C(F)(F)F)CC2)c2cc(C(=Cc3ccc(F)cc3)c3ccc(Cl)cc3)ccc2[nH]1. The van der Waals surface area contributed by atoms with Gasteiger partial charge >= 0.3 is 15.5 Å². The van der Waals surface area contributed by atoms with Crippen molar-refractivity contribution in [3.63, 3.8) is 0 Å². The lowest BCUT2D eigenvalue weighted by molar-refractivity contribution is -0.0494. The molecule has 0 bridgehead atoms. The summed E-state index contributed by atoms with van der Waals surface area (Å²) in [7, 11) is -5.39. The number of alkyl halides is 3. The second kappa shape index (κ2) is 11.3. The van der Waals surface area contributed by atoms with Gasteiger partial charge in [-0.1, -0.05) is 41.9 Å². The highest BCUT2D eigenvalue weighted by atomic mass is 35.5. The molecule has 0 saturated carbocycles. The Labute approximate surface area is 238 Å². The van der Waals surface area contributed by atoms with Crippen molar-refractivity contribution in [2.24, 2.45) is 0 Å². The molecular formula is C29H24ClF4N3O3S. The van der Waals surface area contributed by atoms with E-state index in [1.54, 1.807) is 30.3 Å². The lowest BCUT2D eigenvalue weighted by atomic mass is 9.94. The molecule has 214 valence electrons. The van der Waals surface area contributed by atoms with Crippen LogP contribution in [0, 0.1) is 5.82 Å². The van der Waals surface area contributed by atoms with Crippen molar-refractivity contribution >= 4 is 49.9 Å². The average molecular weight is 606 g/mol. The largest absolute Gasteiger partial charge is 0.511 e. The van der Waals surface area contributed by atoms with Gasteiger partial charge in [-0.25, -0.2) is 12.8 Å². The lowest BCUT2D eigenvalue weighted by Gasteiger charge is -2.32.